The van der Waals surface area contributed by atoms with Crippen LogP contribution in [0, 0.1) is 0 Å². The zero-order valence-electron chi connectivity index (χ0n) is 16.5. The number of hydrogen-bond acceptors (Lipinski definition) is 3. The maximum absolute atomic E-state index is 12.3. The van der Waals surface area contributed by atoms with E-state index in [9.17, 15) is 8.42 Å². The average molecular weight is 526 g/mol. The molecule has 2 N–H and O–H groups in total. The molecular formula is C21H27IN4O2S. The van der Waals surface area contributed by atoms with Crippen LogP contribution in [0.5, 0.6) is 0 Å². The van der Waals surface area contributed by atoms with Gasteiger partial charge in [0.2, 0.25) is 10.0 Å². The van der Waals surface area contributed by atoms with Gasteiger partial charge in [-0.25, -0.2) is 18.1 Å². The van der Waals surface area contributed by atoms with E-state index >= 15 is 0 Å². The Labute approximate surface area is 189 Å². The molecule has 2 aromatic carbocycles. The fourth-order valence-electron chi connectivity index (χ4n) is 3.38. The second-order valence-corrected chi connectivity index (χ2v) is 8.95. The van der Waals surface area contributed by atoms with Crippen LogP contribution in [0.15, 0.2) is 58.4 Å². The Kier molecular flexibility index (Phi) is 7.18. The molecule has 0 unspecified atom stereocenters. The SMILES string of the molecule is CCNC(=NCc1ccc(S(=O)(=O)NC2CC2)cc1)N1CCc2ccccc21.I. The van der Waals surface area contributed by atoms with Crippen LogP contribution < -0.4 is 14.9 Å². The molecule has 2 aliphatic rings. The van der Waals surface area contributed by atoms with Crippen molar-refractivity contribution in [2.75, 3.05) is 18.0 Å². The van der Waals surface area contributed by atoms with Gasteiger partial charge in [-0.3, -0.25) is 0 Å². The summed E-state index contributed by atoms with van der Waals surface area (Å²) in [7, 11) is -3.41. The van der Waals surface area contributed by atoms with E-state index in [1.54, 1.807) is 12.1 Å². The molecule has 8 heteroatoms. The van der Waals surface area contributed by atoms with Crippen LogP contribution in [-0.4, -0.2) is 33.5 Å². The molecule has 0 saturated heterocycles. The topological polar surface area (TPSA) is 73.8 Å². The fraction of sp³-hybridized carbons (Fsp3) is 0.381. The predicted molar refractivity (Wildman–Crippen MR) is 128 cm³/mol. The van der Waals surface area contributed by atoms with Crippen molar-refractivity contribution < 1.29 is 8.42 Å². The van der Waals surface area contributed by atoms with Gasteiger partial charge in [0.25, 0.3) is 0 Å². The number of halogens is 1. The number of hydrogen-bond donors (Lipinski definition) is 2. The first-order chi connectivity index (χ1) is 13.6. The molecule has 156 valence electrons. The van der Waals surface area contributed by atoms with Gasteiger partial charge in [0.05, 0.1) is 11.4 Å². The maximum atomic E-state index is 12.3. The number of anilines is 1. The van der Waals surface area contributed by atoms with Gasteiger partial charge in [0.15, 0.2) is 5.96 Å². The van der Waals surface area contributed by atoms with Crippen LogP contribution in [0.3, 0.4) is 0 Å². The molecule has 6 nitrogen and oxygen atoms in total. The summed E-state index contributed by atoms with van der Waals surface area (Å²) in [6.45, 7) is 4.26. The third-order valence-electron chi connectivity index (χ3n) is 5.02. The highest BCUT2D eigenvalue weighted by Crippen LogP contribution is 2.27. The lowest BCUT2D eigenvalue weighted by Crippen LogP contribution is -2.40. The second kappa shape index (κ2) is 9.44. The Morgan fingerprint density at radius 3 is 2.55 bits per heavy atom. The smallest absolute Gasteiger partial charge is 0.240 e. The third kappa shape index (κ3) is 5.29. The molecule has 0 atom stereocenters. The Balaban J connectivity index is 0.00000240. The van der Waals surface area contributed by atoms with E-state index < -0.39 is 10.0 Å². The lowest BCUT2D eigenvalue weighted by molar-refractivity contribution is 0.581. The third-order valence-corrected chi connectivity index (χ3v) is 6.56. The van der Waals surface area contributed by atoms with Crippen molar-refractivity contribution in [3.8, 4) is 0 Å². The molecule has 29 heavy (non-hydrogen) atoms. The lowest BCUT2D eigenvalue weighted by Gasteiger charge is -2.22. The Bertz CT molecular complexity index is 972. The fourth-order valence-corrected chi connectivity index (χ4v) is 4.69. The summed E-state index contributed by atoms with van der Waals surface area (Å²) < 4.78 is 27.3. The quantitative estimate of drug-likeness (QED) is 0.345. The van der Waals surface area contributed by atoms with E-state index in [4.69, 9.17) is 4.99 Å². The molecule has 1 heterocycles. The number of sulfonamides is 1. The molecule has 0 aromatic heterocycles. The van der Waals surface area contributed by atoms with Gasteiger partial charge < -0.3 is 10.2 Å². The minimum absolute atomic E-state index is 0. The molecule has 0 radical (unpaired) electrons. The highest BCUT2D eigenvalue weighted by molar-refractivity contribution is 14.0. The van der Waals surface area contributed by atoms with Gasteiger partial charge in [-0.15, -0.1) is 24.0 Å². The monoisotopic (exact) mass is 526 g/mol. The summed E-state index contributed by atoms with van der Waals surface area (Å²) in [5, 5.41) is 3.37. The largest absolute Gasteiger partial charge is 0.356 e. The van der Waals surface area contributed by atoms with Crippen molar-refractivity contribution >= 4 is 45.6 Å². The van der Waals surface area contributed by atoms with Crippen LogP contribution in [0.1, 0.15) is 30.9 Å². The number of guanidine groups is 1. The minimum Gasteiger partial charge on any atom is -0.356 e. The van der Waals surface area contributed by atoms with Crippen LogP contribution in [0.25, 0.3) is 0 Å². The molecule has 0 bridgehead atoms. The van der Waals surface area contributed by atoms with E-state index in [2.05, 4.69) is 46.1 Å². The van der Waals surface area contributed by atoms with Crippen LogP contribution in [-0.2, 0) is 23.0 Å². The normalized spacial score (nSPS) is 16.3. The number of para-hydroxylation sites is 1. The summed E-state index contributed by atoms with van der Waals surface area (Å²) in [6, 6.07) is 15.5. The van der Waals surface area contributed by atoms with Crippen LogP contribution in [0.4, 0.5) is 5.69 Å². The van der Waals surface area contributed by atoms with E-state index in [1.807, 2.05) is 12.1 Å². The first-order valence-corrected chi connectivity index (χ1v) is 11.3. The van der Waals surface area contributed by atoms with Crippen LogP contribution in [0.2, 0.25) is 0 Å². The summed E-state index contributed by atoms with van der Waals surface area (Å²) in [6.07, 6.45) is 2.87. The molecule has 1 saturated carbocycles. The van der Waals surface area contributed by atoms with Gasteiger partial charge in [0, 0.05) is 24.8 Å². The average Bonchev–Trinajstić information content (AvgIpc) is 3.40. The Morgan fingerprint density at radius 2 is 1.86 bits per heavy atom. The summed E-state index contributed by atoms with van der Waals surface area (Å²) in [5.74, 6) is 0.861. The van der Waals surface area contributed by atoms with E-state index in [-0.39, 0.29) is 30.0 Å². The second-order valence-electron chi connectivity index (χ2n) is 7.24. The number of benzene rings is 2. The van der Waals surface area contributed by atoms with Gasteiger partial charge in [0.1, 0.15) is 0 Å². The molecule has 2 aromatic rings. The van der Waals surface area contributed by atoms with Crippen molar-refractivity contribution in [2.45, 2.75) is 43.7 Å². The molecule has 1 fully saturated rings. The molecule has 1 aliphatic heterocycles. The molecule has 0 spiro atoms. The summed E-state index contributed by atoms with van der Waals surface area (Å²) in [4.78, 5) is 7.31. The van der Waals surface area contributed by atoms with Crippen molar-refractivity contribution in [1.82, 2.24) is 10.0 Å². The summed E-state index contributed by atoms with van der Waals surface area (Å²) in [5.41, 5.74) is 3.52. The zero-order chi connectivity index (χ0) is 19.6. The first kappa shape index (κ1) is 22.0. The Hall–Kier alpha value is -1.65. The first-order valence-electron chi connectivity index (χ1n) is 9.82. The van der Waals surface area contributed by atoms with Crippen molar-refractivity contribution in [3.63, 3.8) is 0 Å². The van der Waals surface area contributed by atoms with E-state index in [0.29, 0.717) is 11.4 Å². The number of fused-ring (bicyclic) bond motifs is 1. The number of aliphatic imine (C=N–C) groups is 1. The molecule has 1 aliphatic carbocycles. The lowest BCUT2D eigenvalue weighted by atomic mass is 10.2. The van der Waals surface area contributed by atoms with Crippen molar-refractivity contribution in [3.05, 3.63) is 59.7 Å². The Morgan fingerprint density at radius 1 is 1.14 bits per heavy atom. The number of nitrogens with one attached hydrogen (secondary N) is 2. The van der Waals surface area contributed by atoms with Gasteiger partial charge in [-0.2, -0.15) is 0 Å². The number of rotatable bonds is 6. The standard InChI is InChI=1S/C21H26N4O2S.HI/c1-2-22-21(25-14-13-17-5-3-4-6-20(17)25)23-15-16-7-11-19(12-8-16)28(26,27)24-18-9-10-18;/h3-8,11-12,18,24H,2,9-10,13-15H2,1H3,(H,22,23);1H. The summed E-state index contributed by atoms with van der Waals surface area (Å²) >= 11 is 0. The number of nitrogens with zero attached hydrogens (tertiary/aromatic N) is 2. The molecule has 4 rings (SSSR count). The maximum Gasteiger partial charge on any atom is 0.240 e. The molecular weight excluding hydrogens is 499 g/mol. The molecule has 0 amide bonds. The van der Waals surface area contributed by atoms with Gasteiger partial charge in [-0.05, 0) is 55.5 Å². The zero-order valence-corrected chi connectivity index (χ0v) is 19.6. The predicted octanol–water partition coefficient (Wildman–Crippen LogP) is 3.27. The van der Waals surface area contributed by atoms with Gasteiger partial charge >= 0.3 is 0 Å². The minimum atomic E-state index is -3.41. The van der Waals surface area contributed by atoms with Gasteiger partial charge in [-0.1, -0.05) is 30.3 Å². The van der Waals surface area contributed by atoms with Crippen molar-refractivity contribution in [2.24, 2.45) is 4.99 Å². The highest BCUT2D eigenvalue weighted by Gasteiger charge is 2.28. The van der Waals surface area contributed by atoms with Crippen LogP contribution >= 0.6 is 24.0 Å². The van der Waals surface area contributed by atoms with E-state index in [0.717, 1.165) is 43.9 Å². The van der Waals surface area contributed by atoms with E-state index in [1.165, 1.54) is 11.3 Å². The highest BCUT2D eigenvalue weighted by atomic mass is 127. The van der Waals surface area contributed by atoms with Crippen molar-refractivity contribution in [1.29, 1.82) is 0 Å².